The van der Waals surface area contributed by atoms with E-state index < -0.39 is 6.10 Å². The predicted octanol–water partition coefficient (Wildman–Crippen LogP) is 1.51. The van der Waals surface area contributed by atoms with Gasteiger partial charge in [-0.15, -0.1) is 11.8 Å². The Balaban J connectivity index is 1.86. The number of carbonyl (C=O) groups is 1. The average Bonchev–Trinajstić information content (AvgIpc) is 2.74. The molecule has 3 nitrogen and oxygen atoms in total. The molecule has 0 saturated carbocycles. The van der Waals surface area contributed by atoms with Crippen molar-refractivity contribution >= 4 is 17.7 Å². The Labute approximate surface area is 104 Å². The van der Waals surface area contributed by atoms with E-state index in [1.54, 1.807) is 23.1 Å². The van der Waals surface area contributed by atoms with Gasteiger partial charge in [-0.05, 0) is 18.6 Å². The van der Waals surface area contributed by atoms with Crippen LogP contribution >= 0.6 is 11.8 Å². The van der Waals surface area contributed by atoms with Crippen LogP contribution in [0.2, 0.25) is 0 Å². The standard InChI is InChI=1S/C12H14FNO2S/c13-10-3-1-2-4-11(10)17-8-12(16)14-6-5-9(15)7-14/h1-4,9,15H,5-8H2/t9-/m1/s1. The van der Waals surface area contributed by atoms with Gasteiger partial charge in [0.2, 0.25) is 5.91 Å². The summed E-state index contributed by atoms with van der Waals surface area (Å²) in [5, 5.41) is 9.32. The van der Waals surface area contributed by atoms with E-state index in [1.165, 1.54) is 17.8 Å². The van der Waals surface area contributed by atoms with Gasteiger partial charge in [0.05, 0.1) is 11.9 Å². The van der Waals surface area contributed by atoms with Crippen LogP contribution in [-0.2, 0) is 4.79 Å². The number of nitrogens with zero attached hydrogens (tertiary/aromatic N) is 1. The van der Waals surface area contributed by atoms with Gasteiger partial charge in [-0.3, -0.25) is 4.79 Å². The lowest BCUT2D eigenvalue weighted by atomic mass is 10.3. The van der Waals surface area contributed by atoms with E-state index in [9.17, 15) is 14.3 Å². The number of thioether (sulfide) groups is 1. The Morgan fingerprint density at radius 1 is 1.53 bits per heavy atom. The molecule has 1 aromatic rings. The van der Waals surface area contributed by atoms with Crippen LogP contribution in [-0.4, -0.2) is 40.9 Å². The van der Waals surface area contributed by atoms with Gasteiger partial charge < -0.3 is 10.0 Å². The number of carbonyl (C=O) groups excluding carboxylic acids is 1. The fourth-order valence-corrected chi connectivity index (χ4v) is 2.60. The molecule has 0 radical (unpaired) electrons. The van der Waals surface area contributed by atoms with Gasteiger partial charge in [0.1, 0.15) is 5.82 Å². The highest BCUT2D eigenvalue weighted by Crippen LogP contribution is 2.22. The van der Waals surface area contributed by atoms with Crippen LogP contribution < -0.4 is 0 Å². The maximum atomic E-state index is 13.3. The van der Waals surface area contributed by atoms with E-state index in [1.807, 2.05) is 0 Å². The zero-order valence-corrected chi connectivity index (χ0v) is 10.1. The van der Waals surface area contributed by atoms with Crippen molar-refractivity contribution in [2.75, 3.05) is 18.8 Å². The molecule has 1 saturated heterocycles. The van der Waals surface area contributed by atoms with Crippen LogP contribution in [0.3, 0.4) is 0 Å². The van der Waals surface area contributed by atoms with Gasteiger partial charge in [0.25, 0.3) is 0 Å². The van der Waals surface area contributed by atoms with Crippen molar-refractivity contribution in [1.82, 2.24) is 4.90 Å². The molecule has 1 atom stereocenters. The van der Waals surface area contributed by atoms with Crippen LogP contribution in [0.25, 0.3) is 0 Å². The predicted molar refractivity (Wildman–Crippen MR) is 64.3 cm³/mol. The fourth-order valence-electron chi connectivity index (χ4n) is 1.76. The second-order valence-electron chi connectivity index (χ2n) is 4.00. The highest BCUT2D eigenvalue weighted by Gasteiger charge is 2.24. The van der Waals surface area contributed by atoms with Crippen LogP contribution in [0.4, 0.5) is 4.39 Å². The molecule has 0 aliphatic carbocycles. The van der Waals surface area contributed by atoms with E-state index in [4.69, 9.17) is 0 Å². The van der Waals surface area contributed by atoms with Gasteiger partial charge >= 0.3 is 0 Å². The first-order chi connectivity index (χ1) is 8.16. The molecule has 1 amide bonds. The molecule has 5 heteroatoms. The number of likely N-dealkylation sites (tertiary alicyclic amines) is 1. The summed E-state index contributed by atoms with van der Waals surface area (Å²) in [6, 6.07) is 6.41. The average molecular weight is 255 g/mol. The second-order valence-corrected chi connectivity index (χ2v) is 5.02. The summed E-state index contributed by atoms with van der Waals surface area (Å²) < 4.78 is 13.3. The number of benzene rings is 1. The number of halogens is 1. The molecule has 0 spiro atoms. The Morgan fingerprint density at radius 3 is 2.94 bits per heavy atom. The van der Waals surface area contributed by atoms with Crippen LogP contribution in [0.1, 0.15) is 6.42 Å². The van der Waals surface area contributed by atoms with Crippen molar-refractivity contribution in [3.8, 4) is 0 Å². The second kappa shape index (κ2) is 5.51. The van der Waals surface area contributed by atoms with Crippen LogP contribution in [0.5, 0.6) is 0 Å². The van der Waals surface area contributed by atoms with Crippen molar-refractivity contribution in [2.24, 2.45) is 0 Å². The summed E-state index contributed by atoms with van der Waals surface area (Å²) in [5.74, 6) is -0.130. The number of rotatable bonds is 3. The normalized spacial score (nSPS) is 19.6. The third-order valence-corrected chi connectivity index (χ3v) is 3.74. The minimum Gasteiger partial charge on any atom is -0.391 e. The van der Waals surface area contributed by atoms with E-state index >= 15 is 0 Å². The molecule has 1 heterocycles. The van der Waals surface area contributed by atoms with Crippen molar-refractivity contribution in [3.63, 3.8) is 0 Å². The molecular formula is C12H14FNO2S. The lowest BCUT2D eigenvalue weighted by molar-refractivity contribution is -0.127. The van der Waals surface area contributed by atoms with Crippen molar-refractivity contribution < 1.29 is 14.3 Å². The zero-order chi connectivity index (χ0) is 12.3. The van der Waals surface area contributed by atoms with Crippen molar-refractivity contribution in [2.45, 2.75) is 17.4 Å². The summed E-state index contributed by atoms with van der Waals surface area (Å²) in [6.07, 6.45) is 0.230. The third kappa shape index (κ3) is 3.20. The summed E-state index contributed by atoms with van der Waals surface area (Å²) >= 11 is 1.20. The molecule has 0 aromatic heterocycles. The van der Waals surface area contributed by atoms with E-state index in [-0.39, 0.29) is 17.5 Å². The molecule has 1 aliphatic rings. The smallest absolute Gasteiger partial charge is 0.233 e. The minimum absolute atomic E-state index is 0.0465. The minimum atomic E-state index is -0.405. The zero-order valence-electron chi connectivity index (χ0n) is 9.30. The molecule has 17 heavy (non-hydrogen) atoms. The van der Waals surface area contributed by atoms with E-state index in [0.29, 0.717) is 24.4 Å². The topological polar surface area (TPSA) is 40.5 Å². The Morgan fingerprint density at radius 2 is 2.29 bits per heavy atom. The summed E-state index contributed by atoms with van der Waals surface area (Å²) in [7, 11) is 0. The molecular weight excluding hydrogens is 241 g/mol. The molecule has 2 rings (SSSR count). The molecule has 1 aromatic carbocycles. The summed E-state index contributed by atoms with van der Waals surface area (Å²) in [6.45, 7) is 0.995. The Hall–Kier alpha value is -1.07. The Kier molecular flexibility index (Phi) is 4.02. The summed E-state index contributed by atoms with van der Waals surface area (Å²) in [4.78, 5) is 13.9. The number of amides is 1. The number of β-amino-alcohol motifs (C(OH)–C–C–N with tert-alkyl or cyclic N) is 1. The van der Waals surface area contributed by atoms with Crippen LogP contribution in [0, 0.1) is 5.82 Å². The number of aliphatic hydroxyl groups is 1. The first-order valence-corrected chi connectivity index (χ1v) is 6.48. The van der Waals surface area contributed by atoms with Gasteiger partial charge in [0.15, 0.2) is 0 Å². The van der Waals surface area contributed by atoms with E-state index in [0.717, 1.165) is 0 Å². The maximum absolute atomic E-state index is 13.3. The molecule has 1 fully saturated rings. The third-order valence-electron chi connectivity index (χ3n) is 2.70. The molecule has 92 valence electrons. The van der Waals surface area contributed by atoms with E-state index in [2.05, 4.69) is 0 Å². The van der Waals surface area contributed by atoms with Crippen molar-refractivity contribution in [3.05, 3.63) is 30.1 Å². The molecule has 1 N–H and O–H groups in total. The number of hydrogen-bond acceptors (Lipinski definition) is 3. The first-order valence-electron chi connectivity index (χ1n) is 5.50. The molecule has 0 unspecified atom stereocenters. The van der Waals surface area contributed by atoms with Gasteiger partial charge in [-0.25, -0.2) is 4.39 Å². The number of hydrogen-bond donors (Lipinski definition) is 1. The lowest BCUT2D eigenvalue weighted by Gasteiger charge is -2.15. The highest BCUT2D eigenvalue weighted by molar-refractivity contribution is 8.00. The molecule has 0 bridgehead atoms. The van der Waals surface area contributed by atoms with Gasteiger partial charge in [-0.1, -0.05) is 12.1 Å². The fraction of sp³-hybridized carbons (Fsp3) is 0.417. The lowest BCUT2D eigenvalue weighted by Crippen LogP contribution is -2.30. The molecule has 1 aliphatic heterocycles. The summed E-state index contributed by atoms with van der Waals surface area (Å²) in [5.41, 5.74) is 0. The van der Waals surface area contributed by atoms with Gasteiger partial charge in [0, 0.05) is 18.0 Å². The largest absolute Gasteiger partial charge is 0.391 e. The first kappa shape index (κ1) is 12.4. The Bertz CT molecular complexity index is 413. The van der Waals surface area contributed by atoms with Crippen molar-refractivity contribution in [1.29, 1.82) is 0 Å². The maximum Gasteiger partial charge on any atom is 0.233 e. The van der Waals surface area contributed by atoms with Crippen LogP contribution in [0.15, 0.2) is 29.2 Å². The monoisotopic (exact) mass is 255 g/mol. The number of aliphatic hydroxyl groups excluding tert-OH is 1. The quantitative estimate of drug-likeness (QED) is 0.832. The SMILES string of the molecule is O=C(CSc1ccccc1F)N1CC[C@@H](O)C1. The highest BCUT2D eigenvalue weighted by atomic mass is 32.2. The van der Waals surface area contributed by atoms with Gasteiger partial charge in [-0.2, -0.15) is 0 Å².